The molecule has 7 heteroatoms. The predicted octanol–water partition coefficient (Wildman–Crippen LogP) is 2.43. The Bertz CT molecular complexity index is 949. The summed E-state index contributed by atoms with van der Waals surface area (Å²) >= 11 is 0. The highest BCUT2D eigenvalue weighted by molar-refractivity contribution is 5.67. The van der Waals surface area contributed by atoms with E-state index in [9.17, 15) is 15.0 Å². The second kappa shape index (κ2) is 7.08. The van der Waals surface area contributed by atoms with E-state index in [0.717, 1.165) is 50.3 Å². The van der Waals surface area contributed by atoms with Crippen LogP contribution in [-0.4, -0.2) is 71.1 Å². The van der Waals surface area contributed by atoms with Gasteiger partial charge in [0.15, 0.2) is 11.5 Å². The Kier molecular flexibility index (Phi) is 4.59. The van der Waals surface area contributed by atoms with Crippen molar-refractivity contribution in [2.75, 3.05) is 20.2 Å². The Morgan fingerprint density at radius 1 is 1.34 bits per heavy atom. The highest BCUT2D eigenvalue weighted by atomic mass is 16.5. The number of carboxylic acids is 1. The number of rotatable bonds is 7. The summed E-state index contributed by atoms with van der Waals surface area (Å²) in [6.45, 7) is 4.09. The lowest BCUT2D eigenvalue weighted by atomic mass is 9.48. The molecule has 1 saturated heterocycles. The van der Waals surface area contributed by atoms with Crippen molar-refractivity contribution in [1.82, 2.24) is 10.2 Å². The number of phenols is 1. The van der Waals surface area contributed by atoms with Gasteiger partial charge < -0.3 is 25.0 Å². The summed E-state index contributed by atoms with van der Waals surface area (Å²) in [6.07, 6.45) is 6.19. The van der Waals surface area contributed by atoms with Gasteiger partial charge >= 0.3 is 5.97 Å². The van der Waals surface area contributed by atoms with Crippen LogP contribution in [0.3, 0.4) is 0 Å². The number of hydrogen-bond donors (Lipinski definition) is 3. The van der Waals surface area contributed by atoms with Crippen LogP contribution in [0.25, 0.3) is 0 Å². The maximum atomic E-state index is 11.3. The van der Waals surface area contributed by atoms with Crippen LogP contribution in [-0.2, 0) is 21.4 Å². The molecule has 7 nitrogen and oxygen atoms in total. The first-order valence-electron chi connectivity index (χ1n) is 12.2. The number of nitrogens with one attached hydrogen (secondary N) is 1. The molecule has 6 rings (SSSR count). The Morgan fingerprint density at radius 3 is 2.88 bits per heavy atom. The predicted molar refractivity (Wildman–Crippen MR) is 118 cm³/mol. The fourth-order valence-electron chi connectivity index (χ4n) is 7.73. The zero-order valence-corrected chi connectivity index (χ0v) is 19.0. The molecule has 1 spiro atoms. The molecule has 2 saturated carbocycles. The van der Waals surface area contributed by atoms with Gasteiger partial charge in [0.05, 0.1) is 17.4 Å². The lowest BCUT2D eigenvalue weighted by Crippen LogP contribution is -2.78. The SMILES string of the molecule is CO[C@@]12CC[C@@H](NC(C)CC(=O)O)[C@@H]3Oc4c(O)ccc5c4C31CCN(CC1CC1)C2C5. The van der Waals surface area contributed by atoms with E-state index in [2.05, 4.69) is 16.3 Å². The molecule has 1 aromatic carbocycles. The van der Waals surface area contributed by atoms with Gasteiger partial charge in [-0.1, -0.05) is 6.07 Å². The molecule has 174 valence electrons. The molecule has 32 heavy (non-hydrogen) atoms. The third kappa shape index (κ3) is 2.68. The van der Waals surface area contributed by atoms with E-state index in [1.54, 1.807) is 6.07 Å². The fourth-order valence-corrected chi connectivity index (χ4v) is 7.73. The van der Waals surface area contributed by atoms with E-state index in [0.29, 0.717) is 11.8 Å². The maximum absolute atomic E-state index is 11.3. The summed E-state index contributed by atoms with van der Waals surface area (Å²) < 4.78 is 13.2. The number of carbonyl (C=O) groups is 1. The summed E-state index contributed by atoms with van der Waals surface area (Å²) in [7, 11) is 1.86. The minimum absolute atomic E-state index is 0.0148. The number of methoxy groups -OCH3 is 1. The summed E-state index contributed by atoms with van der Waals surface area (Å²) in [5.41, 5.74) is 1.75. The van der Waals surface area contributed by atoms with E-state index in [4.69, 9.17) is 9.47 Å². The number of carboxylic acid groups (broad SMARTS) is 1. The van der Waals surface area contributed by atoms with Gasteiger partial charge in [0.2, 0.25) is 0 Å². The number of phenolic OH excluding ortho intramolecular Hbond substituents is 1. The van der Waals surface area contributed by atoms with Crippen LogP contribution in [0.5, 0.6) is 11.5 Å². The molecule has 1 aromatic rings. The molecule has 2 aliphatic heterocycles. The van der Waals surface area contributed by atoms with Crippen LogP contribution in [0, 0.1) is 5.92 Å². The number of likely N-dealkylation sites (tertiary alicyclic amines) is 1. The van der Waals surface area contributed by atoms with E-state index < -0.39 is 5.97 Å². The Hall–Kier alpha value is -1.83. The Morgan fingerprint density at radius 2 is 2.16 bits per heavy atom. The summed E-state index contributed by atoms with van der Waals surface area (Å²) in [5.74, 6) is 0.850. The van der Waals surface area contributed by atoms with Crippen LogP contribution < -0.4 is 10.1 Å². The molecule has 5 aliphatic rings. The van der Waals surface area contributed by atoms with Gasteiger partial charge in [-0.3, -0.25) is 9.69 Å². The molecule has 3 unspecified atom stereocenters. The second-order valence-electron chi connectivity index (χ2n) is 10.8. The molecule has 3 fully saturated rings. The molecular weight excluding hydrogens is 408 g/mol. The average Bonchev–Trinajstić information content (AvgIpc) is 3.49. The van der Waals surface area contributed by atoms with Gasteiger partial charge in [-0.15, -0.1) is 0 Å². The third-order valence-corrected chi connectivity index (χ3v) is 9.07. The van der Waals surface area contributed by atoms with Crippen molar-refractivity contribution in [3.05, 3.63) is 23.3 Å². The lowest BCUT2D eigenvalue weighted by Gasteiger charge is -2.66. The van der Waals surface area contributed by atoms with Gasteiger partial charge in [-0.25, -0.2) is 0 Å². The molecule has 2 bridgehead atoms. The van der Waals surface area contributed by atoms with Crippen molar-refractivity contribution in [1.29, 1.82) is 0 Å². The van der Waals surface area contributed by atoms with Crippen molar-refractivity contribution < 1.29 is 24.5 Å². The number of piperidine rings is 1. The van der Waals surface area contributed by atoms with E-state index in [-0.39, 0.29) is 41.4 Å². The average molecular weight is 443 g/mol. The van der Waals surface area contributed by atoms with Crippen LogP contribution in [0.2, 0.25) is 0 Å². The molecule has 0 aromatic heterocycles. The number of nitrogens with zero attached hydrogens (tertiary/aromatic N) is 1. The number of ether oxygens (including phenoxy) is 2. The minimum Gasteiger partial charge on any atom is -0.504 e. The van der Waals surface area contributed by atoms with E-state index in [1.807, 2.05) is 14.0 Å². The third-order valence-electron chi connectivity index (χ3n) is 9.07. The number of aromatic hydroxyl groups is 1. The van der Waals surface area contributed by atoms with Crippen molar-refractivity contribution in [2.45, 2.75) is 87.1 Å². The number of aliphatic carboxylic acids is 1. The summed E-state index contributed by atoms with van der Waals surface area (Å²) in [6, 6.07) is 4.02. The quantitative estimate of drug-likeness (QED) is 0.597. The van der Waals surface area contributed by atoms with Gasteiger partial charge in [0, 0.05) is 37.3 Å². The second-order valence-corrected chi connectivity index (χ2v) is 10.8. The minimum atomic E-state index is -0.799. The zero-order valence-electron chi connectivity index (χ0n) is 19.0. The summed E-state index contributed by atoms with van der Waals surface area (Å²) in [4.78, 5) is 14.0. The van der Waals surface area contributed by atoms with Crippen molar-refractivity contribution >= 4 is 5.97 Å². The topological polar surface area (TPSA) is 91.3 Å². The fraction of sp³-hybridized carbons (Fsp3) is 0.720. The van der Waals surface area contributed by atoms with Crippen LogP contribution in [0.15, 0.2) is 12.1 Å². The standard InChI is InChI=1S/C25H34N2O5/c1-14(11-20(29)30)26-17-7-8-25(31-2)19-12-16-5-6-18(28)22-21(16)24(25,23(17)32-22)9-10-27(19)13-15-3-4-15/h5-6,14-15,17,19,23,26,28H,3-4,7-13H2,1-2H3,(H,29,30)/t14?,17-,19?,23+,24?,25-/m1/s1. The van der Waals surface area contributed by atoms with Gasteiger partial charge in [0.25, 0.3) is 0 Å². The first kappa shape index (κ1) is 20.8. The van der Waals surface area contributed by atoms with E-state index in [1.165, 1.54) is 18.4 Å². The number of benzene rings is 1. The molecule has 6 atom stereocenters. The zero-order chi connectivity index (χ0) is 22.3. The monoisotopic (exact) mass is 442 g/mol. The van der Waals surface area contributed by atoms with Crippen molar-refractivity contribution in [3.63, 3.8) is 0 Å². The first-order chi connectivity index (χ1) is 15.4. The highest BCUT2D eigenvalue weighted by Gasteiger charge is 2.73. The van der Waals surface area contributed by atoms with Gasteiger partial charge in [-0.05, 0) is 69.5 Å². The smallest absolute Gasteiger partial charge is 0.304 e. The molecule has 0 radical (unpaired) electrons. The Labute approximate surface area is 189 Å². The Balaban J connectivity index is 1.45. The van der Waals surface area contributed by atoms with Crippen LogP contribution >= 0.6 is 0 Å². The maximum Gasteiger partial charge on any atom is 0.304 e. The van der Waals surface area contributed by atoms with Crippen molar-refractivity contribution in [3.8, 4) is 11.5 Å². The molecule has 2 heterocycles. The van der Waals surface area contributed by atoms with Crippen LogP contribution in [0.1, 0.15) is 56.6 Å². The molecule has 3 N–H and O–H groups in total. The molecular formula is C25H34N2O5. The van der Waals surface area contributed by atoms with Gasteiger partial charge in [-0.2, -0.15) is 0 Å². The lowest BCUT2D eigenvalue weighted by molar-refractivity contribution is -0.208. The molecule has 0 amide bonds. The van der Waals surface area contributed by atoms with E-state index >= 15 is 0 Å². The summed E-state index contributed by atoms with van der Waals surface area (Å²) in [5, 5.41) is 23.6. The first-order valence-corrected chi connectivity index (χ1v) is 12.2. The normalized spacial score (nSPS) is 38.1. The van der Waals surface area contributed by atoms with Gasteiger partial charge in [0.1, 0.15) is 6.10 Å². The van der Waals surface area contributed by atoms with Crippen molar-refractivity contribution in [2.24, 2.45) is 5.92 Å². The molecule has 3 aliphatic carbocycles. The number of hydrogen-bond acceptors (Lipinski definition) is 6. The van der Waals surface area contributed by atoms with Crippen LogP contribution in [0.4, 0.5) is 0 Å². The largest absolute Gasteiger partial charge is 0.504 e. The highest BCUT2D eigenvalue weighted by Crippen LogP contribution is 2.66.